The lowest BCUT2D eigenvalue weighted by molar-refractivity contribution is -0.124. The molecule has 0 atom stereocenters. The van der Waals surface area contributed by atoms with Crippen LogP contribution >= 0.6 is 11.3 Å². The van der Waals surface area contributed by atoms with Gasteiger partial charge in [0.1, 0.15) is 4.88 Å². The molecule has 0 aliphatic heterocycles. The van der Waals surface area contributed by atoms with Gasteiger partial charge in [0.15, 0.2) is 0 Å². The number of carbonyl (C=O) groups is 2. The van der Waals surface area contributed by atoms with Gasteiger partial charge in [-0.25, -0.2) is 15.2 Å². The smallest absolute Gasteiger partial charge is 0.348 e. The highest BCUT2D eigenvalue weighted by Crippen LogP contribution is 2.34. The lowest BCUT2D eigenvalue weighted by Crippen LogP contribution is -2.45. The van der Waals surface area contributed by atoms with Crippen molar-refractivity contribution in [3.63, 3.8) is 0 Å². The number of nitrogens with zero attached hydrogens (tertiary/aromatic N) is 1. The van der Waals surface area contributed by atoms with Crippen molar-refractivity contribution in [2.75, 3.05) is 12.1 Å². The Hall–Kier alpha value is -1.84. The minimum absolute atomic E-state index is 0.0573. The second-order valence-electron chi connectivity index (χ2n) is 6.91. The molecule has 1 amide bonds. The Labute approximate surface area is 153 Å². The van der Waals surface area contributed by atoms with Gasteiger partial charge in [-0.1, -0.05) is 32.6 Å². The fourth-order valence-corrected chi connectivity index (χ4v) is 3.86. The van der Waals surface area contributed by atoms with Gasteiger partial charge in [-0.05, 0) is 37.7 Å². The van der Waals surface area contributed by atoms with E-state index in [1.807, 2.05) is 13.8 Å². The standard InChI is InChI=1S/C19H26N2O3S/c1-12(2)5-10-15-11-16(17(25-15)19(23)24)21(20-4)18(22)14-8-6-13(3)7-9-14/h11-14,20H,6-9H2,1-4H3,(H,23,24). The number of hydrazine groups is 1. The van der Waals surface area contributed by atoms with E-state index in [-0.39, 0.29) is 22.6 Å². The van der Waals surface area contributed by atoms with Gasteiger partial charge in [-0.2, -0.15) is 0 Å². The van der Waals surface area contributed by atoms with E-state index in [0.29, 0.717) is 16.5 Å². The molecule has 0 bridgehead atoms. The van der Waals surface area contributed by atoms with Crippen molar-refractivity contribution in [2.45, 2.75) is 46.5 Å². The van der Waals surface area contributed by atoms with Crippen LogP contribution in [0.3, 0.4) is 0 Å². The largest absolute Gasteiger partial charge is 0.477 e. The molecule has 1 aliphatic rings. The molecule has 5 nitrogen and oxygen atoms in total. The molecule has 2 rings (SSSR count). The van der Waals surface area contributed by atoms with Crippen molar-refractivity contribution in [1.82, 2.24) is 5.43 Å². The molecule has 0 spiro atoms. The number of carbonyl (C=O) groups excluding carboxylic acids is 1. The lowest BCUT2D eigenvalue weighted by Gasteiger charge is -2.30. The van der Waals surface area contributed by atoms with Gasteiger partial charge in [0.05, 0.1) is 10.6 Å². The average Bonchev–Trinajstić information content (AvgIpc) is 2.98. The first-order valence-electron chi connectivity index (χ1n) is 8.73. The molecule has 1 heterocycles. The highest BCUT2D eigenvalue weighted by Gasteiger charge is 2.31. The van der Waals surface area contributed by atoms with Gasteiger partial charge in [-0.15, -0.1) is 11.3 Å². The van der Waals surface area contributed by atoms with Crippen LogP contribution in [-0.2, 0) is 4.79 Å². The molecule has 0 aromatic carbocycles. The first-order chi connectivity index (χ1) is 11.8. The Kier molecular flexibility index (Phi) is 6.63. The first-order valence-corrected chi connectivity index (χ1v) is 9.55. The summed E-state index contributed by atoms with van der Waals surface area (Å²) in [5.74, 6) is 5.74. The van der Waals surface area contributed by atoms with E-state index in [2.05, 4.69) is 24.2 Å². The summed E-state index contributed by atoms with van der Waals surface area (Å²) in [5.41, 5.74) is 3.26. The Balaban J connectivity index is 2.31. The SMILES string of the molecule is CNN(C(=O)C1CCC(C)CC1)c1cc(C#CC(C)C)sc1C(=O)O. The Morgan fingerprint density at radius 2 is 1.96 bits per heavy atom. The van der Waals surface area contributed by atoms with Crippen molar-refractivity contribution in [1.29, 1.82) is 0 Å². The minimum atomic E-state index is -1.04. The van der Waals surface area contributed by atoms with Gasteiger partial charge < -0.3 is 5.11 Å². The van der Waals surface area contributed by atoms with Crippen LogP contribution in [0.15, 0.2) is 6.07 Å². The zero-order valence-corrected chi connectivity index (χ0v) is 16.1. The first kappa shape index (κ1) is 19.5. The van der Waals surface area contributed by atoms with E-state index in [0.717, 1.165) is 37.0 Å². The number of aromatic carboxylic acids is 1. The maximum absolute atomic E-state index is 12.9. The van der Waals surface area contributed by atoms with Crippen molar-refractivity contribution in [3.8, 4) is 11.8 Å². The lowest BCUT2D eigenvalue weighted by atomic mass is 9.82. The van der Waals surface area contributed by atoms with E-state index >= 15 is 0 Å². The van der Waals surface area contributed by atoms with Gasteiger partial charge in [0.25, 0.3) is 0 Å². The van der Waals surface area contributed by atoms with Crippen molar-refractivity contribution in [2.24, 2.45) is 17.8 Å². The third-order valence-electron chi connectivity index (χ3n) is 4.44. The van der Waals surface area contributed by atoms with E-state index in [1.54, 1.807) is 13.1 Å². The molecule has 1 aromatic heterocycles. The maximum atomic E-state index is 12.9. The molecular formula is C19H26N2O3S. The third kappa shape index (κ3) is 4.83. The molecule has 136 valence electrons. The Morgan fingerprint density at radius 3 is 2.48 bits per heavy atom. The summed E-state index contributed by atoms with van der Waals surface area (Å²) in [6.07, 6.45) is 3.78. The number of amides is 1. The molecule has 0 saturated heterocycles. The highest BCUT2D eigenvalue weighted by atomic mass is 32.1. The molecule has 25 heavy (non-hydrogen) atoms. The molecule has 2 N–H and O–H groups in total. The molecule has 1 fully saturated rings. The molecule has 1 saturated carbocycles. The van der Waals surface area contributed by atoms with Crippen LogP contribution in [0, 0.1) is 29.6 Å². The number of nitrogens with one attached hydrogen (secondary N) is 1. The fourth-order valence-electron chi connectivity index (χ4n) is 3.02. The van der Waals surface area contributed by atoms with E-state index in [1.165, 1.54) is 5.01 Å². The van der Waals surface area contributed by atoms with Crippen LogP contribution in [0.5, 0.6) is 0 Å². The summed E-state index contributed by atoms with van der Waals surface area (Å²) in [6, 6.07) is 1.70. The average molecular weight is 362 g/mol. The van der Waals surface area contributed by atoms with Gasteiger partial charge in [0, 0.05) is 18.9 Å². The van der Waals surface area contributed by atoms with E-state index in [4.69, 9.17) is 0 Å². The van der Waals surface area contributed by atoms with Gasteiger partial charge in [-0.3, -0.25) is 4.79 Å². The minimum Gasteiger partial charge on any atom is -0.477 e. The summed E-state index contributed by atoms with van der Waals surface area (Å²) in [7, 11) is 1.64. The summed E-state index contributed by atoms with van der Waals surface area (Å²) >= 11 is 1.11. The number of thiophene rings is 1. The Morgan fingerprint density at radius 1 is 1.32 bits per heavy atom. The number of carboxylic acid groups (broad SMARTS) is 1. The molecule has 6 heteroatoms. The molecule has 0 radical (unpaired) electrons. The van der Waals surface area contributed by atoms with Crippen LogP contribution in [0.25, 0.3) is 0 Å². The number of hydrogen-bond acceptors (Lipinski definition) is 4. The zero-order valence-electron chi connectivity index (χ0n) is 15.3. The highest BCUT2D eigenvalue weighted by molar-refractivity contribution is 7.15. The number of hydrogen-bond donors (Lipinski definition) is 2. The van der Waals surface area contributed by atoms with E-state index in [9.17, 15) is 14.7 Å². The van der Waals surface area contributed by atoms with Crippen LogP contribution in [0.1, 0.15) is 61.0 Å². The monoisotopic (exact) mass is 362 g/mol. The van der Waals surface area contributed by atoms with Crippen LogP contribution < -0.4 is 10.4 Å². The van der Waals surface area contributed by atoms with Crippen molar-refractivity contribution in [3.05, 3.63) is 15.8 Å². The molecular weight excluding hydrogens is 336 g/mol. The third-order valence-corrected chi connectivity index (χ3v) is 5.47. The summed E-state index contributed by atoms with van der Waals surface area (Å²) in [5, 5.41) is 10.9. The van der Waals surface area contributed by atoms with E-state index < -0.39 is 5.97 Å². The zero-order chi connectivity index (χ0) is 18.6. The molecule has 0 unspecified atom stereocenters. The predicted molar refractivity (Wildman–Crippen MR) is 101 cm³/mol. The summed E-state index contributed by atoms with van der Waals surface area (Å²) in [6.45, 7) is 6.16. The number of carboxylic acids is 1. The predicted octanol–water partition coefficient (Wildman–Crippen LogP) is 3.75. The van der Waals surface area contributed by atoms with Crippen LogP contribution in [0.4, 0.5) is 5.69 Å². The second-order valence-corrected chi connectivity index (χ2v) is 7.96. The number of anilines is 1. The number of rotatable bonds is 4. The molecule has 1 aromatic rings. The van der Waals surface area contributed by atoms with Gasteiger partial charge >= 0.3 is 5.97 Å². The maximum Gasteiger partial charge on any atom is 0.348 e. The quantitative estimate of drug-likeness (QED) is 0.632. The van der Waals surface area contributed by atoms with Crippen molar-refractivity contribution >= 4 is 28.9 Å². The molecule has 1 aliphatic carbocycles. The normalized spacial score (nSPS) is 20.0. The van der Waals surface area contributed by atoms with Crippen molar-refractivity contribution < 1.29 is 14.7 Å². The van der Waals surface area contributed by atoms with Crippen LogP contribution in [-0.4, -0.2) is 24.0 Å². The topological polar surface area (TPSA) is 69.6 Å². The van der Waals surface area contributed by atoms with Crippen LogP contribution in [0.2, 0.25) is 0 Å². The fraction of sp³-hybridized carbons (Fsp3) is 0.579. The van der Waals surface area contributed by atoms with Gasteiger partial charge in [0.2, 0.25) is 5.91 Å². The Bertz CT molecular complexity index is 691. The second kappa shape index (κ2) is 8.50. The summed E-state index contributed by atoms with van der Waals surface area (Å²) in [4.78, 5) is 25.4. The summed E-state index contributed by atoms with van der Waals surface area (Å²) < 4.78 is 0.